The maximum Gasteiger partial charge on any atom is 0.282 e. The minimum absolute atomic E-state index is 0.00603. The molecule has 0 spiro atoms. The first-order chi connectivity index (χ1) is 16.2. The molecular formula is C23H23Br2ClN4O4. The number of halogens is 3. The van der Waals surface area contributed by atoms with Crippen molar-refractivity contribution in [2.24, 2.45) is 10.8 Å². The lowest BCUT2D eigenvalue weighted by Crippen LogP contribution is -2.23. The van der Waals surface area contributed by atoms with Gasteiger partial charge in [-0.1, -0.05) is 41.4 Å². The lowest BCUT2D eigenvalue weighted by molar-refractivity contribution is -0.119. The molecule has 0 bridgehead atoms. The lowest BCUT2D eigenvalue weighted by atomic mass is 10.1. The SMILES string of the molecule is CCOc1cc(C=Nn2c([C@@H](C)CC)nc3ccc(Br)cc3c2=O)c(Br)c(Cl)c1OCC(N)=O. The van der Waals surface area contributed by atoms with E-state index in [0.29, 0.717) is 39.1 Å². The highest BCUT2D eigenvalue weighted by atomic mass is 79.9. The highest BCUT2D eigenvalue weighted by Gasteiger charge is 2.19. The number of hydrogen-bond donors (Lipinski definition) is 1. The molecule has 2 aromatic carbocycles. The molecule has 1 heterocycles. The van der Waals surface area contributed by atoms with Gasteiger partial charge in [-0.2, -0.15) is 9.78 Å². The van der Waals surface area contributed by atoms with Crippen LogP contribution in [0.1, 0.15) is 44.5 Å². The van der Waals surface area contributed by atoms with Gasteiger partial charge in [-0.15, -0.1) is 0 Å². The van der Waals surface area contributed by atoms with Gasteiger partial charge in [0, 0.05) is 20.4 Å². The van der Waals surface area contributed by atoms with Gasteiger partial charge < -0.3 is 15.2 Å². The van der Waals surface area contributed by atoms with Crippen molar-refractivity contribution in [2.75, 3.05) is 13.2 Å². The van der Waals surface area contributed by atoms with Gasteiger partial charge in [0.25, 0.3) is 11.5 Å². The quantitative estimate of drug-likeness (QED) is 0.332. The maximum absolute atomic E-state index is 13.3. The van der Waals surface area contributed by atoms with Crippen LogP contribution in [0.2, 0.25) is 5.02 Å². The minimum Gasteiger partial charge on any atom is -0.490 e. The summed E-state index contributed by atoms with van der Waals surface area (Å²) in [6.07, 6.45) is 2.27. The number of nitrogens with two attached hydrogens (primary N) is 1. The van der Waals surface area contributed by atoms with E-state index in [2.05, 4.69) is 37.0 Å². The fourth-order valence-electron chi connectivity index (χ4n) is 3.14. The van der Waals surface area contributed by atoms with Crippen LogP contribution in [0.4, 0.5) is 0 Å². The molecule has 1 aromatic heterocycles. The number of carbonyl (C=O) groups excluding carboxylic acids is 1. The molecule has 34 heavy (non-hydrogen) atoms. The molecule has 0 fully saturated rings. The Labute approximate surface area is 218 Å². The van der Waals surface area contributed by atoms with Crippen LogP contribution in [0, 0.1) is 0 Å². The van der Waals surface area contributed by atoms with Crippen LogP contribution >= 0.6 is 43.5 Å². The van der Waals surface area contributed by atoms with Gasteiger partial charge in [0.15, 0.2) is 18.1 Å². The van der Waals surface area contributed by atoms with Crippen LogP contribution in [-0.4, -0.2) is 35.0 Å². The average molecular weight is 615 g/mol. The number of carbonyl (C=O) groups is 1. The van der Waals surface area contributed by atoms with Crippen molar-refractivity contribution in [3.63, 3.8) is 0 Å². The van der Waals surface area contributed by atoms with Crippen molar-refractivity contribution in [3.05, 3.63) is 60.0 Å². The van der Waals surface area contributed by atoms with E-state index in [1.54, 1.807) is 25.1 Å². The Balaban J connectivity index is 2.16. The third-order valence-corrected chi connectivity index (χ3v) is 6.95. The number of amides is 1. The number of ether oxygens (including phenoxy) is 2. The molecular weight excluding hydrogens is 592 g/mol. The number of primary amides is 1. The van der Waals surface area contributed by atoms with Gasteiger partial charge >= 0.3 is 0 Å². The second-order valence-electron chi connectivity index (χ2n) is 7.41. The summed E-state index contributed by atoms with van der Waals surface area (Å²) in [7, 11) is 0. The molecule has 11 heteroatoms. The Kier molecular flexibility index (Phi) is 8.72. The Morgan fingerprint density at radius 2 is 2.03 bits per heavy atom. The Hall–Kier alpha value is -2.43. The summed E-state index contributed by atoms with van der Waals surface area (Å²) in [5, 5.41) is 5.10. The molecule has 1 amide bonds. The zero-order chi connectivity index (χ0) is 25.0. The molecule has 3 aromatic rings. The van der Waals surface area contributed by atoms with Crippen molar-refractivity contribution in [1.29, 1.82) is 0 Å². The average Bonchev–Trinajstić information content (AvgIpc) is 2.80. The summed E-state index contributed by atoms with van der Waals surface area (Å²) in [6, 6.07) is 7.02. The summed E-state index contributed by atoms with van der Waals surface area (Å²) in [4.78, 5) is 29.2. The summed E-state index contributed by atoms with van der Waals surface area (Å²) < 4.78 is 13.6. The zero-order valence-corrected chi connectivity index (χ0v) is 22.7. The maximum atomic E-state index is 13.3. The highest BCUT2D eigenvalue weighted by Crippen LogP contribution is 2.42. The molecule has 0 aliphatic carbocycles. The van der Waals surface area contributed by atoms with Gasteiger partial charge in [-0.3, -0.25) is 9.59 Å². The number of aromatic nitrogens is 2. The molecule has 180 valence electrons. The molecule has 1 atom stereocenters. The second-order valence-corrected chi connectivity index (χ2v) is 9.50. The summed E-state index contributed by atoms with van der Waals surface area (Å²) >= 11 is 13.3. The number of rotatable bonds is 9. The summed E-state index contributed by atoms with van der Waals surface area (Å²) in [6.45, 7) is 5.79. The van der Waals surface area contributed by atoms with Crippen LogP contribution in [0.25, 0.3) is 10.9 Å². The number of hydrogen-bond acceptors (Lipinski definition) is 6. The molecule has 8 nitrogen and oxygen atoms in total. The summed E-state index contributed by atoms with van der Waals surface area (Å²) in [5.41, 5.74) is 6.04. The fraction of sp³-hybridized carbons (Fsp3) is 0.304. The summed E-state index contributed by atoms with van der Waals surface area (Å²) in [5.74, 6) is 0.392. The topological polar surface area (TPSA) is 109 Å². The van der Waals surface area contributed by atoms with E-state index < -0.39 is 5.91 Å². The minimum atomic E-state index is -0.646. The van der Waals surface area contributed by atoms with Crippen LogP contribution in [0.15, 0.2) is 43.1 Å². The van der Waals surface area contributed by atoms with E-state index in [1.165, 1.54) is 10.9 Å². The van der Waals surface area contributed by atoms with Gasteiger partial charge in [0.05, 0.1) is 23.7 Å². The predicted octanol–water partition coefficient (Wildman–Crippen LogP) is 5.23. The van der Waals surface area contributed by atoms with E-state index >= 15 is 0 Å². The van der Waals surface area contributed by atoms with Gasteiger partial charge in [-0.25, -0.2) is 4.98 Å². The van der Waals surface area contributed by atoms with Crippen molar-refractivity contribution in [2.45, 2.75) is 33.1 Å². The van der Waals surface area contributed by atoms with Gasteiger partial charge in [0.2, 0.25) is 0 Å². The highest BCUT2D eigenvalue weighted by molar-refractivity contribution is 9.10. The molecule has 0 unspecified atom stereocenters. The third kappa shape index (κ3) is 5.61. The van der Waals surface area contributed by atoms with Gasteiger partial charge in [0.1, 0.15) is 10.8 Å². The monoisotopic (exact) mass is 612 g/mol. The Morgan fingerprint density at radius 1 is 1.29 bits per heavy atom. The van der Waals surface area contributed by atoms with E-state index in [9.17, 15) is 9.59 Å². The predicted molar refractivity (Wildman–Crippen MR) is 140 cm³/mol. The van der Waals surface area contributed by atoms with Crippen molar-refractivity contribution < 1.29 is 14.3 Å². The van der Waals surface area contributed by atoms with Crippen LogP contribution < -0.4 is 20.8 Å². The third-order valence-electron chi connectivity index (χ3n) is 5.01. The lowest BCUT2D eigenvalue weighted by Gasteiger charge is -2.16. The first kappa shape index (κ1) is 26.2. The standard InChI is InChI=1S/C23H23Br2ClN4O4/c1-4-12(3)22-29-16-7-6-14(24)9-15(16)23(32)30(22)28-10-13-8-17(33-5-2)21(20(26)19(13)25)34-11-18(27)31/h6-10,12H,4-5,11H2,1-3H3,(H2,27,31)/t12-/m0/s1. The molecule has 0 radical (unpaired) electrons. The largest absolute Gasteiger partial charge is 0.490 e. The first-order valence-corrected chi connectivity index (χ1v) is 12.5. The molecule has 0 aliphatic heterocycles. The normalized spacial score (nSPS) is 12.3. The van der Waals surface area contributed by atoms with Crippen LogP contribution in [0.3, 0.4) is 0 Å². The van der Waals surface area contributed by atoms with Crippen molar-refractivity contribution in [3.8, 4) is 11.5 Å². The Morgan fingerprint density at radius 3 is 2.68 bits per heavy atom. The molecule has 2 N–H and O–H groups in total. The first-order valence-electron chi connectivity index (χ1n) is 10.5. The molecule has 0 aliphatic rings. The van der Waals surface area contributed by atoms with Crippen LogP contribution in [-0.2, 0) is 4.79 Å². The van der Waals surface area contributed by atoms with E-state index in [0.717, 1.165) is 10.9 Å². The molecule has 0 saturated heterocycles. The number of nitrogens with zero attached hydrogens (tertiary/aromatic N) is 3. The molecule has 0 saturated carbocycles. The van der Waals surface area contributed by atoms with E-state index in [-0.39, 0.29) is 28.9 Å². The van der Waals surface area contributed by atoms with Crippen LogP contribution in [0.5, 0.6) is 11.5 Å². The van der Waals surface area contributed by atoms with Crippen molar-refractivity contribution in [1.82, 2.24) is 9.66 Å². The smallest absolute Gasteiger partial charge is 0.282 e. The molecule has 3 rings (SSSR count). The van der Waals surface area contributed by atoms with E-state index in [1.807, 2.05) is 19.9 Å². The second kappa shape index (κ2) is 11.3. The van der Waals surface area contributed by atoms with E-state index in [4.69, 9.17) is 31.8 Å². The fourth-order valence-corrected chi connectivity index (χ4v) is 4.15. The van der Waals surface area contributed by atoms with Crippen molar-refractivity contribution >= 4 is 66.5 Å². The number of fused-ring (bicyclic) bond motifs is 1. The Bertz CT molecular complexity index is 1330. The zero-order valence-electron chi connectivity index (χ0n) is 18.8. The van der Waals surface area contributed by atoms with Gasteiger partial charge in [-0.05, 0) is 53.5 Å². The number of benzene rings is 2.